The van der Waals surface area contributed by atoms with E-state index in [1.54, 1.807) is 24.3 Å². The molecule has 188 valence electrons. The van der Waals surface area contributed by atoms with Crippen LogP contribution in [0.2, 0.25) is 0 Å². The van der Waals surface area contributed by atoms with Crippen LogP contribution in [0.25, 0.3) is 6.08 Å². The molecule has 9 heteroatoms. The average molecular weight is 508 g/mol. The number of nitrogens with zero attached hydrogens (tertiary/aromatic N) is 3. The van der Waals surface area contributed by atoms with E-state index in [4.69, 9.17) is 0 Å². The summed E-state index contributed by atoms with van der Waals surface area (Å²) in [6, 6.07) is 17.5. The molecule has 2 amide bonds. The van der Waals surface area contributed by atoms with E-state index in [0.717, 1.165) is 16.2 Å². The second kappa shape index (κ2) is 8.58. The number of hydrogen-bond donors (Lipinski definition) is 0. The number of imide groups is 1. The van der Waals surface area contributed by atoms with Crippen molar-refractivity contribution < 1.29 is 24.1 Å². The molecule has 0 N–H and O–H groups in total. The molecule has 0 radical (unpaired) electrons. The van der Waals surface area contributed by atoms with E-state index < -0.39 is 46.4 Å². The highest BCUT2D eigenvalue weighted by Gasteiger charge is 2.64. The number of anilines is 2. The number of ketones is 2. The van der Waals surface area contributed by atoms with Crippen molar-refractivity contribution in [2.45, 2.75) is 19.0 Å². The molecule has 3 aromatic carbocycles. The summed E-state index contributed by atoms with van der Waals surface area (Å²) in [4.78, 5) is 67.2. The first-order chi connectivity index (χ1) is 18.3. The molecule has 6 rings (SSSR count). The fraction of sp³-hybridized carbons (Fsp3) is 0.172. The number of fused-ring (bicyclic) bond motifs is 5. The van der Waals surface area contributed by atoms with Crippen molar-refractivity contribution in [3.8, 4) is 0 Å². The maximum atomic E-state index is 14.0. The lowest BCUT2D eigenvalue weighted by atomic mass is 9.86. The summed E-state index contributed by atoms with van der Waals surface area (Å²) < 4.78 is 0. The van der Waals surface area contributed by atoms with Crippen molar-refractivity contribution in [3.05, 3.63) is 106 Å². The Kier molecular flexibility index (Phi) is 5.30. The molecule has 3 aliphatic rings. The Morgan fingerprint density at radius 2 is 1.58 bits per heavy atom. The Hall–Kier alpha value is -4.92. The molecule has 3 aliphatic heterocycles. The third-order valence-corrected chi connectivity index (χ3v) is 7.56. The van der Waals surface area contributed by atoms with Crippen molar-refractivity contribution in [2.75, 3.05) is 9.80 Å². The van der Waals surface area contributed by atoms with Crippen LogP contribution in [0.4, 0.5) is 17.1 Å². The van der Waals surface area contributed by atoms with E-state index in [-0.39, 0.29) is 17.0 Å². The van der Waals surface area contributed by atoms with Crippen LogP contribution in [0, 0.1) is 22.0 Å². The first-order valence-corrected chi connectivity index (χ1v) is 12.1. The zero-order chi connectivity index (χ0) is 26.7. The number of carbonyl (C=O) groups is 4. The Labute approximate surface area is 217 Å². The van der Waals surface area contributed by atoms with Gasteiger partial charge >= 0.3 is 0 Å². The molecule has 3 heterocycles. The van der Waals surface area contributed by atoms with E-state index in [2.05, 4.69) is 0 Å². The molecule has 2 fully saturated rings. The topological polar surface area (TPSA) is 118 Å². The number of carbonyl (C=O) groups excluding carboxylic acids is 4. The molecule has 0 unspecified atom stereocenters. The van der Waals surface area contributed by atoms with Gasteiger partial charge in [0.25, 0.3) is 5.69 Å². The highest BCUT2D eigenvalue weighted by Crippen LogP contribution is 2.49. The monoisotopic (exact) mass is 507 g/mol. The molecule has 0 saturated carbocycles. The van der Waals surface area contributed by atoms with Gasteiger partial charge in [-0.15, -0.1) is 0 Å². The minimum absolute atomic E-state index is 0.0974. The van der Waals surface area contributed by atoms with E-state index in [1.807, 2.05) is 41.3 Å². The summed E-state index contributed by atoms with van der Waals surface area (Å²) in [6.07, 6.45) is 3.73. The van der Waals surface area contributed by atoms with Crippen LogP contribution in [0.15, 0.2) is 78.9 Å². The third-order valence-electron chi connectivity index (χ3n) is 7.56. The van der Waals surface area contributed by atoms with Crippen molar-refractivity contribution in [3.63, 3.8) is 0 Å². The molecule has 0 bridgehead atoms. The van der Waals surface area contributed by atoms with Crippen LogP contribution in [0.1, 0.15) is 33.2 Å². The number of amides is 2. The van der Waals surface area contributed by atoms with Gasteiger partial charge in [-0.25, -0.2) is 4.90 Å². The molecule has 0 aliphatic carbocycles. The fourth-order valence-electron chi connectivity index (χ4n) is 5.86. The van der Waals surface area contributed by atoms with Gasteiger partial charge in [0.2, 0.25) is 11.8 Å². The van der Waals surface area contributed by atoms with Crippen LogP contribution >= 0.6 is 0 Å². The minimum atomic E-state index is -1.05. The molecule has 0 aromatic heterocycles. The standard InChI is InChI=1S/C29H21N3O6/c1-16(33)17-9-12-20(13-10-17)30-28(35)24-23-14-11-18-5-2-3-8-22(18)31(23)26(25(24)29(30)36)27(34)19-6-4-7-21(15-19)32(37)38/h2-15,23-26H,1H3/t23-,24+,25+,26-/m1/s1. The molecular weight excluding hydrogens is 486 g/mol. The maximum Gasteiger partial charge on any atom is 0.270 e. The van der Waals surface area contributed by atoms with Crippen molar-refractivity contribution in [1.29, 1.82) is 0 Å². The summed E-state index contributed by atoms with van der Waals surface area (Å²) >= 11 is 0. The van der Waals surface area contributed by atoms with Gasteiger partial charge in [-0.05, 0) is 42.8 Å². The number of Topliss-reactive ketones (excluding diaryl/α,β-unsaturated/α-hetero) is 2. The number of benzene rings is 3. The summed E-state index contributed by atoms with van der Waals surface area (Å²) in [7, 11) is 0. The lowest BCUT2D eigenvalue weighted by Crippen LogP contribution is -2.48. The van der Waals surface area contributed by atoms with Gasteiger partial charge in [0.05, 0.1) is 28.5 Å². The summed E-state index contributed by atoms with van der Waals surface area (Å²) in [5.41, 5.74) is 2.20. The van der Waals surface area contributed by atoms with Crippen LogP contribution in [-0.4, -0.2) is 40.4 Å². The molecule has 4 atom stereocenters. The lowest BCUT2D eigenvalue weighted by molar-refractivity contribution is -0.384. The van der Waals surface area contributed by atoms with Gasteiger partial charge in [0.1, 0.15) is 6.04 Å². The Morgan fingerprint density at radius 3 is 2.29 bits per heavy atom. The predicted molar refractivity (Wildman–Crippen MR) is 139 cm³/mol. The second-order valence-corrected chi connectivity index (χ2v) is 9.60. The third kappa shape index (κ3) is 3.39. The number of hydrogen-bond acceptors (Lipinski definition) is 7. The van der Waals surface area contributed by atoms with Gasteiger partial charge in [-0.1, -0.05) is 42.5 Å². The highest BCUT2D eigenvalue weighted by molar-refractivity contribution is 6.25. The zero-order valence-electron chi connectivity index (χ0n) is 20.2. The van der Waals surface area contributed by atoms with Crippen molar-refractivity contribution >= 4 is 46.5 Å². The summed E-state index contributed by atoms with van der Waals surface area (Å²) in [6.45, 7) is 1.43. The largest absolute Gasteiger partial charge is 0.352 e. The zero-order valence-corrected chi connectivity index (χ0v) is 20.2. The first-order valence-electron chi connectivity index (χ1n) is 12.1. The van der Waals surface area contributed by atoms with E-state index in [9.17, 15) is 29.3 Å². The first kappa shape index (κ1) is 23.5. The van der Waals surface area contributed by atoms with Crippen molar-refractivity contribution in [1.82, 2.24) is 0 Å². The van der Waals surface area contributed by atoms with Crippen LogP contribution in [0.5, 0.6) is 0 Å². The number of nitro groups is 1. The number of non-ortho nitro benzene ring substituents is 1. The quantitative estimate of drug-likeness (QED) is 0.221. The second-order valence-electron chi connectivity index (χ2n) is 9.60. The van der Waals surface area contributed by atoms with Crippen LogP contribution in [0.3, 0.4) is 0 Å². The van der Waals surface area contributed by atoms with Crippen LogP contribution < -0.4 is 9.80 Å². The molecular formula is C29H21N3O6. The fourth-order valence-corrected chi connectivity index (χ4v) is 5.86. The lowest BCUT2D eigenvalue weighted by Gasteiger charge is -2.36. The van der Waals surface area contributed by atoms with E-state index in [0.29, 0.717) is 11.3 Å². The summed E-state index contributed by atoms with van der Waals surface area (Å²) in [5.74, 6) is -3.37. The SMILES string of the molecule is CC(=O)c1ccc(N2C(=O)[C@@H]3[C@H](C2=O)[C@H](C(=O)c2cccc([N+](=O)[O-])c2)N2c4ccccc4C=C[C@H]32)cc1. The molecule has 38 heavy (non-hydrogen) atoms. The van der Waals surface area contributed by atoms with Gasteiger partial charge < -0.3 is 4.90 Å². The minimum Gasteiger partial charge on any atom is -0.352 e. The highest BCUT2D eigenvalue weighted by atomic mass is 16.6. The smallest absolute Gasteiger partial charge is 0.270 e. The number of para-hydroxylation sites is 1. The maximum absolute atomic E-state index is 14.0. The van der Waals surface area contributed by atoms with Crippen LogP contribution in [-0.2, 0) is 9.59 Å². The van der Waals surface area contributed by atoms with Gasteiger partial charge in [0.15, 0.2) is 11.6 Å². The van der Waals surface area contributed by atoms with Gasteiger partial charge in [-0.3, -0.25) is 29.3 Å². The summed E-state index contributed by atoms with van der Waals surface area (Å²) in [5, 5.41) is 11.4. The van der Waals surface area contributed by atoms with Crippen molar-refractivity contribution in [2.24, 2.45) is 11.8 Å². The Morgan fingerprint density at radius 1 is 0.868 bits per heavy atom. The van der Waals surface area contributed by atoms with Gasteiger partial charge in [0, 0.05) is 28.9 Å². The normalized spacial score (nSPS) is 23.2. The number of nitro benzene ring substituents is 1. The molecule has 0 spiro atoms. The van der Waals surface area contributed by atoms with E-state index >= 15 is 0 Å². The average Bonchev–Trinajstić information content (AvgIpc) is 3.40. The predicted octanol–water partition coefficient (Wildman–Crippen LogP) is 4.07. The molecule has 2 saturated heterocycles. The van der Waals surface area contributed by atoms with Gasteiger partial charge in [-0.2, -0.15) is 0 Å². The molecule has 3 aromatic rings. The Bertz CT molecular complexity index is 1580. The Balaban J connectivity index is 1.47. The number of rotatable bonds is 5. The van der Waals surface area contributed by atoms with E-state index in [1.165, 1.54) is 31.2 Å². The molecule has 9 nitrogen and oxygen atoms in total.